The summed E-state index contributed by atoms with van der Waals surface area (Å²) >= 11 is 0. The van der Waals surface area contributed by atoms with Crippen molar-refractivity contribution in [1.82, 2.24) is 4.98 Å². The van der Waals surface area contributed by atoms with Crippen molar-refractivity contribution in [3.05, 3.63) is 27.6 Å². The maximum atomic E-state index is 12.5. The summed E-state index contributed by atoms with van der Waals surface area (Å²) in [6.07, 6.45) is -8.53. The van der Waals surface area contributed by atoms with Gasteiger partial charge in [-0.3, -0.25) is 10.1 Å². The fraction of sp³-hybridized carbons (Fsp3) is 0.375. The lowest BCUT2D eigenvalue weighted by atomic mass is 10.2. The molecule has 0 amide bonds. The first-order valence-electron chi connectivity index (χ1n) is 4.27. The molecule has 1 heterocycles. The Morgan fingerprint density at radius 2 is 2.00 bits per heavy atom. The molecule has 5 nitrogen and oxygen atoms in total. The van der Waals surface area contributed by atoms with Gasteiger partial charge in [-0.25, -0.2) is 13.8 Å². The fourth-order valence-electron chi connectivity index (χ4n) is 1.17. The highest BCUT2D eigenvalue weighted by Crippen LogP contribution is 2.39. The summed E-state index contributed by atoms with van der Waals surface area (Å²) in [6.45, 7) is 0. The van der Waals surface area contributed by atoms with Crippen molar-refractivity contribution in [3.8, 4) is 5.75 Å². The van der Waals surface area contributed by atoms with Gasteiger partial charge >= 0.3 is 11.9 Å². The molecule has 0 bridgehead atoms. The average molecular weight is 272 g/mol. The Morgan fingerprint density at radius 3 is 2.33 bits per heavy atom. The molecule has 0 fully saturated rings. The van der Waals surface area contributed by atoms with E-state index in [1.165, 1.54) is 0 Å². The van der Waals surface area contributed by atoms with Crippen LogP contribution in [-0.4, -0.2) is 17.0 Å². The summed E-state index contributed by atoms with van der Waals surface area (Å²) in [4.78, 5) is 11.8. The molecule has 10 heteroatoms. The molecule has 0 spiro atoms. The topological polar surface area (TPSA) is 65.3 Å². The number of nitrogens with zero attached hydrogens (tertiary/aromatic N) is 2. The number of alkyl halides is 5. The molecule has 0 aliphatic heterocycles. The van der Waals surface area contributed by atoms with Crippen LogP contribution in [0.25, 0.3) is 0 Å². The third-order valence-corrected chi connectivity index (χ3v) is 1.88. The van der Waals surface area contributed by atoms with E-state index in [4.69, 9.17) is 0 Å². The van der Waals surface area contributed by atoms with Gasteiger partial charge in [0.15, 0.2) is 5.69 Å². The van der Waals surface area contributed by atoms with Crippen LogP contribution in [0.2, 0.25) is 0 Å². The van der Waals surface area contributed by atoms with Gasteiger partial charge in [0.05, 0.1) is 12.0 Å². The van der Waals surface area contributed by atoms with E-state index < -0.39 is 40.3 Å². The molecular formula is C8H5F5N2O3. The number of nitro groups is 1. The molecular weight excluding hydrogens is 267 g/mol. The van der Waals surface area contributed by atoms with Crippen LogP contribution in [0.1, 0.15) is 17.8 Å². The van der Waals surface area contributed by atoms with Crippen LogP contribution in [0.15, 0.2) is 6.07 Å². The number of aromatic nitrogens is 1. The first-order valence-corrected chi connectivity index (χ1v) is 4.27. The summed E-state index contributed by atoms with van der Waals surface area (Å²) in [5, 5.41) is 10.5. The van der Waals surface area contributed by atoms with Crippen molar-refractivity contribution in [2.75, 3.05) is 7.11 Å². The highest BCUT2D eigenvalue weighted by molar-refractivity contribution is 5.51. The molecule has 0 aliphatic carbocycles. The van der Waals surface area contributed by atoms with Gasteiger partial charge in [-0.1, -0.05) is 0 Å². The van der Waals surface area contributed by atoms with Crippen LogP contribution in [0.5, 0.6) is 5.75 Å². The molecule has 0 unspecified atom stereocenters. The highest BCUT2D eigenvalue weighted by atomic mass is 19.4. The lowest BCUT2D eigenvalue weighted by molar-refractivity contribution is -0.387. The minimum atomic E-state index is -5.01. The summed E-state index contributed by atoms with van der Waals surface area (Å²) < 4.78 is 66.3. The SMILES string of the molecule is COc1cc(C(F)(F)F)nc(C(F)F)c1[N+](=O)[O-]. The van der Waals surface area contributed by atoms with Crippen molar-refractivity contribution < 1.29 is 31.6 Å². The zero-order chi connectivity index (χ0) is 14.1. The fourth-order valence-corrected chi connectivity index (χ4v) is 1.17. The third-order valence-electron chi connectivity index (χ3n) is 1.88. The number of halogens is 5. The molecule has 0 N–H and O–H groups in total. The minimum absolute atomic E-state index is 0.198. The Kier molecular flexibility index (Phi) is 3.67. The van der Waals surface area contributed by atoms with Gasteiger partial charge in [0, 0.05) is 6.07 Å². The van der Waals surface area contributed by atoms with E-state index in [0.717, 1.165) is 7.11 Å². The zero-order valence-corrected chi connectivity index (χ0v) is 8.66. The number of rotatable bonds is 3. The van der Waals surface area contributed by atoms with Crippen molar-refractivity contribution in [3.63, 3.8) is 0 Å². The quantitative estimate of drug-likeness (QED) is 0.482. The lowest BCUT2D eigenvalue weighted by Crippen LogP contribution is -2.12. The normalized spacial score (nSPS) is 11.7. The van der Waals surface area contributed by atoms with Crippen LogP contribution in [0, 0.1) is 10.1 Å². The maximum absolute atomic E-state index is 12.5. The highest BCUT2D eigenvalue weighted by Gasteiger charge is 2.38. The van der Waals surface area contributed by atoms with E-state index in [9.17, 15) is 32.1 Å². The Balaban J connectivity index is 3.59. The van der Waals surface area contributed by atoms with E-state index in [2.05, 4.69) is 9.72 Å². The van der Waals surface area contributed by atoms with Crippen LogP contribution in [0.3, 0.4) is 0 Å². The second kappa shape index (κ2) is 4.70. The number of methoxy groups -OCH3 is 1. The van der Waals surface area contributed by atoms with Gasteiger partial charge in [-0.2, -0.15) is 13.2 Å². The Bertz CT molecular complexity index is 475. The van der Waals surface area contributed by atoms with E-state index in [0.29, 0.717) is 0 Å². The van der Waals surface area contributed by atoms with E-state index >= 15 is 0 Å². The zero-order valence-electron chi connectivity index (χ0n) is 8.66. The molecule has 1 aromatic heterocycles. The van der Waals surface area contributed by atoms with Crippen LogP contribution in [-0.2, 0) is 6.18 Å². The predicted octanol–water partition coefficient (Wildman–Crippen LogP) is 2.95. The van der Waals surface area contributed by atoms with Crippen molar-refractivity contribution in [1.29, 1.82) is 0 Å². The number of pyridine rings is 1. The molecule has 0 aromatic carbocycles. The van der Waals surface area contributed by atoms with Gasteiger partial charge in [0.2, 0.25) is 5.75 Å². The standard InChI is InChI=1S/C8H5F5N2O3/c1-18-3-2-4(8(11,12)13)14-5(7(9)10)6(3)15(16)17/h2,7H,1H3. The second-order valence-electron chi connectivity index (χ2n) is 3.00. The van der Waals surface area contributed by atoms with Gasteiger partial charge < -0.3 is 4.74 Å². The summed E-state index contributed by atoms with van der Waals surface area (Å²) in [5.41, 5.74) is -4.53. The monoisotopic (exact) mass is 272 g/mol. The lowest BCUT2D eigenvalue weighted by Gasteiger charge is -2.11. The molecule has 100 valence electrons. The van der Waals surface area contributed by atoms with Crippen LogP contribution in [0.4, 0.5) is 27.6 Å². The van der Waals surface area contributed by atoms with E-state index in [1.807, 2.05) is 0 Å². The van der Waals surface area contributed by atoms with Crippen LogP contribution >= 0.6 is 0 Å². The van der Waals surface area contributed by atoms with Crippen LogP contribution < -0.4 is 4.74 Å². The van der Waals surface area contributed by atoms with Gasteiger partial charge in [-0.05, 0) is 0 Å². The maximum Gasteiger partial charge on any atom is 0.433 e. The van der Waals surface area contributed by atoms with E-state index in [-0.39, 0.29) is 6.07 Å². The Hall–Kier alpha value is -2.00. The molecule has 0 atom stereocenters. The number of ether oxygens (including phenoxy) is 1. The van der Waals surface area contributed by atoms with Crippen molar-refractivity contribution >= 4 is 5.69 Å². The number of hydrogen-bond donors (Lipinski definition) is 0. The van der Waals surface area contributed by atoms with Crippen molar-refractivity contribution in [2.45, 2.75) is 12.6 Å². The average Bonchev–Trinajstić information content (AvgIpc) is 2.25. The molecule has 0 saturated heterocycles. The summed E-state index contributed by atoms with van der Waals surface area (Å²) in [7, 11) is 0.831. The predicted molar refractivity (Wildman–Crippen MR) is 47.4 cm³/mol. The molecule has 18 heavy (non-hydrogen) atoms. The summed E-state index contributed by atoms with van der Waals surface area (Å²) in [6, 6.07) is 0.198. The van der Waals surface area contributed by atoms with Crippen molar-refractivity contribution in [2.24, 2.45) is 0 Å². The summed E-state index contributed by atoms with van der Waals surface area (Å²) in [5.74, 6) is -0.919. The molecule has 0 saturated carbocycles. The largest absolute Gasteiger partial charge is 0.490 e. The minimum Gasteiger partial charge on any atom is -0.490 e. The molecule has 0 aliphatic rings. The molecule has 0 radical (unpaired) electrons. The Morgan fingerprint density at radius 1 is 1.44 bits per heavy atom. The first kappa shape index (κ1) is 14.1. The van der Waals surface area contributed by atoms with E-state index in [1.54, 1.807) is 0 Å². The third kappa shape index (κ3) is 2.63. The first-order chi connectivity index (χ1) is 8.18. The Labute approximate surface area is 96.3 Å². The second-order valence-corrected chi connectivity index (χ2v) is 3.00. The molecule has 1 aromatic rings. The number of hydrogen-bond acceptors (Lipinski definition) is 4. The molecule has 1 rings (SSSR count). The van der Waals surface area contributed by atoms with Gasteiger partial charge in [0.1, 0.15) is 5.69 Å². The smallest absolute Gasteiger partial charge is 0.433 e. The van der Waals surface area contributed by atoms with Gasteiger partial charge in [0.25, 0.3) is 6.43 Å². The van der Waals surface area contributed by atoms with Gasteiger partial charge in [-0.15, -0.1) is 0 Å².